The lowest BCUT2D eigenvalue weighted by molar-refractivity contribution is -0.212. The first-order valence-electron chi connectivity index (χ1n) is 4.48. The lowest BCUT2D eigenvalue weighted by Gasteiger charge is -2.40. The zero-order valence-electron chi connectivity index (χ0n) is 8.05. The number of rotatable bonds is 2. The molecule has 5 heteroatoms. The summed E-state index contributed by atoms with van der Waals surface area (Å²) in [6.45, 7) is 3.78. The van der Waals surface area contributed by atoms with Gasteiger partial charge in [0.25, 0.3) is 0 Å². The Kier molecular flexibility index (Phi) is 3.42. The Labute approximate surface area is 81.3 Å². The minimum absolute atomic E-state index is 0.396. The zero-order valence-corrected chi connectivity index (χ0v) is 8.05. The SMILES string of the molecule is C=CN1CCCC(OC)C1C(F)(F)F. The Morgan fingerprint density at radius 3 is 2.57 bits per heavy atom. The highest BCUT2D eigenvalue weighted by Gasteiger charge is 2.49. The summed E-state index contributed by atoms with van der Waals surface area (Å²) in [7, 11) is 1.32. The van der Waals surface area contributed by atoms with Crippen LogP contribution in [-0.2, 0) is 4.74 Å². The van der Waals surface area contributed by atoms with Gasteiger partial charge in [-0.3, -0.25) is 0 Å². The standard InChI is InChI=1S/C9H14F3NO/c1-3-13-6-4-5-7(14-2)8(13)9(10,11)12/h3,7-8H,1,4-6H2,2H3. The van der Waals surface area contributed by atoms with Crippen molar-refractivity contribution in [1.82, 2.24) is 4.90 Å². The van der Waals surface area contributed by atoms with Crippen LogP contribution in [0.4, 0.5) is 13.2 Å². The molecule has 82 valence electrons. The molecule has 1 aliphatic heterocycles. The molecule has 2 nitrogen and oxygen atoms in total. The maximum atomic E-state index is 12.6. The first kappa shape index (κ1) is 11.4. The van der Waals surface area contributed by atoms with Gasteiger partial charge in [-0.2, -0.15) is 13.2 Å². The van der Waals surface area contributed by atoms with Crippen molar-refractivity contribution >= 4 is 0 Å². The largest absolute Gasteiger partial charge is 0.411 e. The average molecular weight is 209 g/mol. The summed E-state index contributed by atoms with van der Waals surface area (Å²) in [5.41, 5.74) is 0. The maximum absolute atomic E-state index is 12.6. The fourth-order valence-electron chi connectivity index (χ4n) is 1.84. The summed E-state index contributed by atoms with van der Waals surface area (Å²) >= 11 is 0. The molecule has 1 fully saturated rings. The molecule has 0 saturated carbocycles. The monoisotopic (exact) mass is 209 g/mol. The van der Waals surface area contributed by atoms with E-state index in [0.717, 1.165) is 0 Å². The molecule has 1 saturated heterocycles. The summed E-state index contributed by atoms with van der Waals surface area (Å²) in [5, 5.41) is 0. The van der Waals surface area contributed by atoms with Crippen LogP contribution in [0.1, 0.15) is 12.8 Å². The number of alkyl halides is 3. The van der Waals surface area contributed by atoms with Crippen molar-refractivity contribution in [3.05, 3.63) is 12.8 Å². The van der Waals surface area contributed by atoms with Crippen molar-refractivity contribution in [3.8, 4) is 0 Å². The molecule has 2 atom stereocenters. The molecule has 0 radical (unpaired) electrons. The fraction of sp³-hybridized carbons (Fsp3) is 0.778. The van der Waals surface area contributed by atoms with Crippen LogP contribution in [0.5, 0.6) is 0 Å². The molecule has 0 bridgehead atoms. The lowest BCUT2D eigenvalue weighted by atomic mass is 9.98. The highest BCUT2D eigenvalue weighted by atomic mass is 19.4. The molecule has 0 aromatic rings. The van der Waals surface area contributed by atoms with Gasteiger partial charge in [0.1, 0.15) is 0 Å². The number of likely N-dealkylation sites (tertiary alicyclic amines) is 1. The molecular formula is C9H14F3NO. The van der Waals surface area contributed by atoms with Crippen LogP contribution in [0.25, 0.3) is 0 Å². The Balaban J connectivity index is 2.83. The smallest absolute Gasteiger partial charge is 0.379 e. The van der Waals surface area contributed by atoms with Gasteiger partial charge in [0.15, 0.2) is 6.04 Å². The van der Waals surface area contributed by atoms with Gasteiger partial charge in [-0.1, -0.05) is 6.58 Å². The van der Waals surface area contributed by atoms with E-state index in [9.17, 15) is 13.2 Å². The fourth-order valence-corrected chi connectivity index (χ4v) is 1.84. The summed E-state index contributed by atoms with van der Waals surface area (Å²) in [5.74, 6) is 0. The van der Waals surface area contributed by atoms with Gasteiger partial charge in [-0.05, 0) is 19.0 Å². The van der Waals surface area contributed by atoms with Gasteiger partial charge in [0.05, 0.1) is 6.10 Å². The summed E-state index contributed by atoms with van der Waals surface area (Å²) in [4.78, 5) is 1.21. The van der Waals surface area contributed by atoms with E-state index in [1.165, 1.54) is 18.2 Å². The van der Waals surface area contributed by atoms with Crippen LogP contribution in [0.2, 0.25) is 0 Å². The maximum Gasteiger partial charge on any atom is 0.411 e. The van der Waals surface area contributed by atoms with Crippen molar-refractivity contribution in [2.75, 3.05) is 13.7 Å². The van der Waals surface area contributed by atoms with Crippen molar-refractivity contribution in [2.24, 2.45) is 0 Å². The Hall–Kier alpha value is -0.710. The van der Waals surface area contributed by atoms with Gasteiger partial charge < -0.3 is 9.64 Å². The van der Waals surface area contributed by atoms with Crippen LogP contribution in [0.15, 0.2) is 12.8 Å². The highest BCUT2D eigenvalue weighted by molar-refractivity contribution is 4.94. The molecule has 0 N–H and O–H groups in total. The van der Waals surface area contributed by atoms with E-state index in [1.54, 1.807) is 0 Å². The first-order valence-corrected chi connectivity index (χ1v) is 4.48. The Bertz CT molecular complexity index is 205. The van der Waals surface area contributed by atoms with Crippen molar-refractivity contribution in [1.29, 1.82) is 0 Å². The van der Waals surface area contributed by atoms with Crippen molar-refractivity contribution < 1.29 is 17.9 Å². The number of methoxy groups -OCH3 is 1. The van der Waals surface area contributed by atoms with Crippen molar-refractivity contribution in [3.63, 3.8) is 0 Å². The van der Waals surface area contributed by atoms with E-state index in [0.29, 0.717) is 19.4 Å². The number of ether oxygens (including phenoxy) is 1. The normalized spacial score (nSPS) is 29.0. The number of nitrogens with zero attached hydrogens (tertiary/aromatic N) is 1. The van der Waals surface area contributed by atoms with Crippen LogP contribution in [0, 0.1) is 0 Å². The van der Waals surface area contributed by atoms with Gasteiger partial charge in [-0.15, -0.1) is 0 Å². The van der Waals surface area contributed by atoms with Crippen LogP contribution >= 0.6 is 0 Å². The predicted octanol–water partition coefficient (Wildman–Crippen LogP) is 2.17. The lowest BCUT2D eigenvalue weighted by Crippen LogP contribution is -2.54. The van der Waals surface area contributed by atoms with E-state index >= 15 is 0 Å². The topological polar surface area (TPSA) is 12.5 Å². The van der Waals surface area contributed by atoms with Crippen molar-refractivity contribution in [2.45, 2.75) is 31.2 Å². The van der Waals surface area contributed by atoms with Crippen LogP contribution in [-0.4, -0.2) is 36.9 Å². The predicted molar refractivity (Wildman–Crippen MR) is 46.8 cm³/mol. The Morgan fingerprint density at radius 2 is 2.14 bits per heavy atom. The summed E-state index contributed by atoms with van der Waals surface area (Å²) < 4.78 is 42.8. The third-order valence-corrected chi connectivity index (χ3v) is 2.49. The molecule has 2 unspecified atom stereocenters. The second kappa shape index (κ2) is 4.21. The molecule has 0 aromatic carbocycles. The molecular weight excluding hydrogens is 195 g/mol. The quantitative estimate of drug-likeness (QED) is 0.691. The van der Waals surface area contributed by atoms with Crippen LogP contribution in [0.3, 0.4) is 0 Å². The molecule has 14 heavy (non-hydrogen) atoms. The molecule has 0 aliphatic carbocycles. The third-order valence-electron chi connectivity index (χ3n) is 2.49. The third kappa shape index (κ3) is 2.20. The first-order chi connectivity index (χ1) is 6.50. The number of piperidine rings is 1. The zero-order chi connectivity index (χ0) is 10.8. The van der Waals surface area contributed by atoms with E-state index in [4.69, 9.17) is 4.74 Å². The summed E-state index contributed by atoms with van der Waals surface area (Å²) in [6, 6.07) is -1.54. The number of hydrogen-bond donors (Lipinski definition) is 0. The molecule has 0 amide bonds. The van der Waals surface area contributed by atoms with Gasteiger partial charge >= 0.3 is 6.18 Å². The second-order valence-electron chi connectivity index (χ2n) is 3.32. The van der Waals surface area contributed by atoms with Crippen LogP contribution < -0.4 is 0 Å². The van der Waals surface area contributed by atoms with E-state index in [-0.39, 0.29) is 0 Å². The number of halogens is 3. The molecule has 1 heterocycles. The molecule has 0 spiro atoms. The second-order valence-corrected chi connectivity index (χ2v) is 3.32. The minimum atomic E-state index is -4.25. The van der Waals surface area contributed by atoms with Gasteiger partial charge in [0.2, 0.25) is 0 Å². The highest BCUT2D eigenvalue weighted by Crippen LogP contribution is 2.33. The molecule has 1 aliphatic rings. The van der Waals surface area contributed by atoms with E-state index in [2.05, 4.69) is 6.58 Å². The number of hydrogen-bond acceptors (Lipinski definition) is 2. The van der Waals surface area contributed by atoms with Gasteiger partial charge in [0, 0.05) is 13.7 Å². The minimum Gasteiger partial charge on any atom is -0.379 e. The summed E-state index contributed by atoms with van der Waals surface area (Å²) in [6.07, 6.45) is -2.64. The molecule has 0 aromatic heterocycles. The Morgan fingerprint density at radius 1 is 1.50 bits per heavy atom. The molecule has 1 rings (SSSR count). The van der Waals surface area contributed by atoms with E-state index < -0.39 is 18.3 Å². The van der Waals surface area contributed by atoms with E-state index in [1.807, 2.05) is 0 Å². The average Bonchev–Trinajstić information content (AvgIpc) is 2.15. The van der Waals surface area contributed by atoms with Gasteiger partial charge in [-0.25, -0.2) is 0 Å².